The first-order valence-electron chi connectivity index (χ1n) is 11.3. The van der Waals surface area contributed by atoms with Gasteiger partial charge >= 0.3 is 22.2 Å². The van der Waals surface area contributed by atoms with Gasteiger partial charge in [0.05, 0.1) is 6.42 Å². The van der Waals surface area contributed by atoms with Crippen molar-refractivity contribution in [1.82, 2.24) is 5.32 Å². The largest absolute Gasteiger partial charge is 0.460 e. The molecule has 35 heavy (non-hydrogen) atoms. The molecule has 2 rings (SSSR count). The van der Waals surface area contributed by atoms with E-state index in [4.69, 9.17) is 13.7 Å². The number of hydrogen-bond donors (Lipinski definition) is 1. The highest BCUT2D eigenvalue weighted by Crippen LogP contribution is 2.27. The van der Waals surface area contributed by atoms with E-state index in [9.17, 15) is 18.0 Å². The van der Waals surface area contributed by atoms with Gasteiger partial charge in [-0.3, -0.25) is 4.79 Å². The van der Waals surface area contributed by atoms with Crippen LogP contribution in [0.2, 0.25) is 0 Å². The van der Waals surface area contributed by atoms with Crippen molar-refractivity contribution in [3.05, 3.63) is 59.7 Å². The second-order valence-electron chi connectivity index (χ2n) is 10.3. The summed E-state index contributed by atoms with van der Waals surface area (Å²) in [5.74, 6) is -0.871. The average Bonchev–Trinajstić information content (AvgIpc) is 2.68. The summed E-state index contributed by atoms with van der Waals surface area (Å²) in [6, 6.07) is 12.7. The lowest BCUT2D eigenvalue weighted by atomic mass is 9.95. The number of benzene rings is 2. The van der Waals surface area contributed by atoms with Crippen molar-refractivity contribution >= 4 is 22.2 Å². The van der Waals surface area contributed by atoms with Crippen LogP contribution in [0.5, 0.6) is 5.75 Å². The molecule has 1 N–H and O–H groups in total. The molecule has 0 aliphatic heterocycles. The SMILES string of the molecule is Cc1ccc(S(=O)(=O)Oc2cccc(C(CNC(=O)OC(C)(C)C)CC(=O)OC(C)(C)C)c2)cc1. The molecule has 0 saturated heterocycles. The number of rotatable bonds is 8. The van der Waals surface area contributed by atoms with E-state index >= 15 is 0 Å². The third kappa shape index (κ3) is 9.98. The highest BCUT2D eigenvalue weighted by Gasteiger charge is 2.25. The number of ether oxygens (including phenoxy) is 2. The number of esters is 1. The summed E-state index contributed by atoms with van der Waals surface area (Å²) in [4.78, 5) is 24.8. The Labute approximate surface area is 208 Å². The minimum Gasteiger partial charge on any atom is -0.460 e. The first-order chi connectivity index (χ1) is 16.0. The number of amides is 1. The molecule has 1 unspecified atom stereocenters. The maximum absolute atomic E-state index is 12.7. The lowest BCUT2D eigenvalue weighted by Gasteiger charge is -2.24. The van der Waals surface area contributed by atoms with Crippen LogP contribution >= 0.6 is 0 Å². The molecule has 0 saturated carbocycles. The Morgan fingerprint density at radius 2 is 1.51 bits per heavy atom. The van der Waals surface area contributed by atoms with E-state index in [1.807, 2.05) is 6.92 Å². The van der Waals surface area contributed by atoms with E-state index in [0.29, 0.717) is 5.56 Å². The second-order valence-corrected chi connectivity index (χ2v) is 11.8. The molecular weight excluding hydrogens is 470 g/mol. The minimum atomic E-state index is -4.05. The van der Waals surface area contributed by atoms with Crippen LogP contribution in [-0.4, -0.2) is 38.2 Å². The van der Waals surface area contributed by atoms with Crippen LogP contribution in [0.25, 0.3) is 0 Å². The zero-order valence-electron chi connectivity index (χ0n) is 21.4. The summed E-state index contributed by atoms with van der Waals surface area (Å²) in [7, 11) is -4.05. The van der Waals surface area contributed by atoms with Crippen LogP contribution < -0.4 is 9.50 Å². The lowest BCUT2D eigenvalue weighted by Crippen LogP contribution is -2.35. The number of alkyl carbamates (subject to hydrolysis) is 1. The van der Waals surface area contributed by atoms with Crippen molar-refractivity contribution in [3.63, 3.8) is 0 Å². The van der Waals surface area contributed by atoms with Crippen LogP contribution in [0, 0.1) is 6.92 Å². The van der Waals surface area contributed by atoms with Crippen molar-refractivity contribution < 1.29 is 31.7 Å². The molecule has 1 amide bonds. The predicted octanol–water partition coefficient (Wildman–Crippen LogP) is 5.10. The Balaban J connectivity index is 2.26. The molecule has 0 bridgehead atoms. The molecule has 0 radical (unpaired) electrons. The maximum Gasteiger partial charge on any atom is 0.407 e. The Hall–Kier alpha value is -3.07. The van der Waals surface area contributed by atoms with Crippen LogP contribution in [0.15, 0.2) is 53.4 Å². The Kier molecular flexibility index (Phi) is 8.94. The van der Waals surface area contributed by atoms with Crippen molar-refractivity contribution in [2.24, 2.45) is 0 Å². The highest BCUT2D eigenvalue weighted by molar-refractivity contribution is 7.87. The molecular formula is C26H35NO7S. The summed E-state index contributed by atoms with van der Waals surface area (Å²) in [6.45, 7) is 12.5. The van der Waals surface area contributed by atoms with E-state index in [0.717, 1.165) is 5.56 Å². The molecule has 192 valence electrons. The predicted molar refractivity (Wildman–Crippen MR) is 133 cm³/mol. The van der Waals surface area contributed by atoms with Gasteiger partial charge in [0, 0.05) is 12.5 Å². The zero-order valence-corrected chi connectivity index (χ0v) is 22.2. The van der Waals surface area contributed by atoms with Crippen molar-refractivity contribution in [1.29, 1.82) is 0 Å². The number of nitrogens with one attached hydrogen (secondary N) is 1. The minimum absolute atomic E-state index is 0.0328. The summed E-state index contributed by atoms with van der Waals surface area (Å²) in [5.41, 5.74) is 0.174. The molecule has 1 atom stereocenters. The Morgan fingerprint density at radius 3 is 2.09 bits per heavy atom. The Bertz CT molecular complexity index is 1130. The fourth-order valence-electron chi connectivity index (χ4n) is 3.11. The van der Waals surface area contributed by atoms with Gasteiger partial charge in [-0.05, 0) is 78.3 Å². The Morgan fingerprint density at radius 1 is 0.914 bits per heavy atom. The summed E-state index contributed by atoms with van der Waals surface area (Å²) in [6.07, 6.45) is -0.664. The molecule has 8 nitrogen and oxygen atoms in total. The van der Waals surface area contributed by atoms with Gasteiger partial charge in [-0.1, -0.05) is 29.8 Å². The first-order valence-corrected chi connectivity index (χ1v) is 12.7. The molecule has 0 heterocycles. The number of hydrogen-bond acceptors (Lipinski definition) is 7. The quantitative estimate of drug-likeness (QED) is 0.393. The van der Waals surface area contributed by atoms with Crippen molar-refractivity contribution in [3.8, 4) is 5.75 Å². The second kappa shape index (κ2) is 11.1. The van der Waals surface area contributed by atoms with E-state index in [1.54, 1.807) is 65.8 Å². The fraction of sp³-hybridized carbons (Fsp3) is 0.462. The number of carbonyl (C=O) groups excluding carboxylic acids is 2. The van der Waals surface area contributed by atoms with E-state index in [-0.39, 0.29) is 23.6 Å². The third-order valence-electron chi connectivity index (χ3n) is 4.57. The van der Waals surface area contributed by atoms with Gasteiger partial charge in [0.2, 0.25) is 0 Å². The molecule has 2 aromatic rings. The topological polar surface area (TPSA) is 108 Å². The van der Waals surface area contributed by atoms with E-state index in [2.05, 4.69) is 5.32 Å². The van der Waals surface area contributed by atoms with Crippen LogP contribution in [0.3, 0.4) is 0 Å². The maximum atomic E-state index is 12.7. The van der Waals surface area contributed by atoms with Crippen molar-refractivity contribution in [2.45, 2.75) is 76.9 Å². The van der Waals surface area contributed by atoms with Crippen LogP contribution in [0.4, 0.5) is 4.79 Å². The van der Waals surface area contributed by atoms with Crippen LogP contribution in [-0.2, 0) is 24.4 Å². The molecule has 2 aromatic carbocycles. The lowest BCUT2D eigenvalue weighted by molar-refractivity contribution is -0.155. The van der Waals surface area contributed by atoms with Crippen LogP contribution in [0.1, 0.15) is 65.0 Å². The van der Waals surface area contributed by atoms with Gasteiger partial charge in [-0.15, -0.1) is 0 Å². The van der Waals surface area contributed by atoms with Gasteiger partial charge in [-0.25, -0.2) is 4.79 Å². The van der Waals surface area contributed by atoms with Gasteiger partial charge in [0.15, 0.2) is 0 Å². The van der Waals surface area contributed by atoms with Gasteiger partial charge < -0.3 is 19.0 Å². The number of carbonyl (C=O) groups is 2. The number of aryl methyl sites for hydroxylation is 1. The average molecular weight is 506 g/mol. The van der Waals surface area contributed by atoms with E-state index < -0.39 is 39.3 Å². The fourth-order valence-corrected chi connectivity index (χ4v) is 4.04. The highest BCUT2D eigenvalue weighted by atomic mass is 32.2. The van der Waals surface area contributed by atoms with Gasteiger partial charge in [-0.2, -0.15) is 8.42 Å². The summed E-state index contributed by atoms with van der Waals surface area (Å²) >= 11 is 0. The first kappa shape index (κ1) is 28.2. The zero-order chi connectivity index (χ0) is 26.4. The molecule has 0 aliphatic rings. The van der Waals surface area contributed by atoms with Gasteiger partial charge in [0.25, 0.3) is 0 Å². The molecule has 0 spiro atoms. The van der Waals surface area contributed by atoms with E-state index in [1.165, 1.54) is 24.3 Å². The summed E-state index contributed by atoms with van der Waals surface area (Å²) in [5, 5.41) is 2.68. The summed E-state index contributed by atoms with van der Waals surface area (Å²) < 4.78 is 41.5. The smallest absolute Gasteiger partial charge is 0.407 e. The normalized spacial score (nSPS) is 13.0. The van der Waals surface area contributed by atoms with Crippen molar-refractivity contribution in [2.75, 3.05) is 6.54 Å². The third-order valence-corrected chi connectivity index (χ3v) is 5.83. The standard InChI is InChI=1S/C26H35NO7S/c1-18-11-13-22(14-12-18)35(30,31)34-21-10-8-9-19(15-21)20(16-23(28)32-25(2,3)4)17-27-24(29)33-26(5,6)7/h8-15,20H,16-17H2,1-7H3,(H,27,29). The molecule has 0 fully saturated rings. The van der Waals surface area contributed by atoms with Gasteiger partial charge in [0.1, 0.15) is 21.8 Å². The molecule has 9 heteroatoms. The molecule has 0 aliphatic carbocycles. The monoisotopic (exact) mass is 505 g/mol. The molecule has 0 aromatic heterocycles.